The van der Waals surface area contributed by atoms with E-state index in [9.17, 15) is 13.6 Å². The first-order valence-electron chi connectivity index (χ1n) is 9.02. The fourth-order valence-corrected chi connectivity index (χ4v) is 3.74. The van der Waals surface area contributed by atoms with Crippen LogP contribution in [0.4, 0.5) is 13.9 Å². The van der Waals surface area contributed by atoms with Crippen LogP contribution in [0.25, 0.3) is 10.2 Å². The second kappa shape index (κ2) is 8.91. The van der Waals surface area contributed by atoms with Crippen LogP contribution >= 0.6 is 22.9 Å². The first kappa shape index (κ1) is 21.1. The molecule has 0 saturated carbocycles. The summed E-state index contributed by atoms with van der Waals surface area (Å²) in [5.41, 5.74) is 1.44. The summed E-state index contributed by atoms with van der Waals surface area (Å²) in [6, 6.07) is 12.8. The maximum absolute atomic E-state index is 12.5. The summed E-state index contributed by atoms with van der Waals surface area (Å²) in [6.07, 6.45) is 0. The van der Waals surface area contributed by atoms with E-state index in [-0.39, 0.29) is 18.1 Å². The van der Waals surface area contributed by atoms with Crippen LogP contribution in [0.3, 0.4) is 0 Å². The normalized spacial score (nSPS) is 11.1. The van der Waals surface area contributed by atoms with Crippen LogP contribution in [0.5, 0.6) is 11.5 Å². The molecule has 4 aromatic rings. The highest BCUT2D eigenvalue weighted by molar-refractivity contribution is 7.22. The van der Waals surface area contributed by atoms with E-state index in [4.69, 9.17) is 20.8 Å². The number of hydrogen-bond acceptors (Lipinski definition) is 6. The summed E-state index contributed by atoms with van der Waals surface area (Å²) in [6.45, 7) is -0.896. The predicted molar refractivity (Wildman–Crippen MR) is 113 cm³/mol. The molecule has 0 aliphatic carbocycles. The number of alkyl halides is 2. The Bertz CT molecular complexity index is 1240. The van der Waals surface area contributed by atoms with Crippen molar-refractivity contribution < 1.29 is 27.5 Å². The molecular weight excluding hydrogens is 450 g/mol. The third-order valence-corrected chi connectivity index (χ3v) is 5.56. The van der Waals surface area contributed by atoms with Crippen LogP contribution < -0.4 is 14.8 Å². The quantitative estimate of drug-likeness (QED) is 0.348. The lowest BCUT2D eigenvalue weighted by Gasteiger charge is -2.06. The van der Waals surface area contributed by atoms with Crippen LogP contribution in [0.1, 0.15) is 21.9 Å². The third kappa shape index (κ3) is 5.12. The van der Waals surface area contributed by atoms with Crippen molar-refractivity contribution in [2.45, 2.75) is 20.1 Å². The molecule has 1 amide bonds. The van der Waals surface area contributed by atoms with Gasteiger partial charge in [-0.25, -0.2) is 4.98 Å². The first-order valence-corrected chi connectivity index (χ1v) is 10.2. The van der Waals surface area contributed by atoms with Crippen molar-refractivity contribution in [3.05, 3.63) is 70.6 Å². The predicted octanol–water partition coefficient (Wildman–Crippen LogP) is 6.28. The molecule has 0 bridgehead atoms. The van der Waals surface area contributed by atoms with Crippen molar-refractivity contribution in [1.82, 2.24) is 4.98 Å². The number of amides is 1. The van der Waals surface area contributed by atoms with Gasteiger partial charge in [0.15, 0.2) is 10.9 Å². The Kier molecular flexibility index (Phi) is 6.06. The van der Waals surface area contributed by atoms with Gasteiger partial charge in [0, 0.05) is 5.02 Å². The number of furan rings is 1. The van der Waals surface area contributed by atoms with Crippen molar-refractivity contribution in [2.75, 3.05) is 5.32 Å². The number of carbonyl (C=O) groups excluding carboxylic acids is 1. The Labute approximate surface area is 184 Å². The number of ether oxygens (including phenoxy) is 2. The molecule has 0 aliphatic rings. The number of rotatable bonds is 7. The van der Waals surface area contributed by atoms with Gasteiger partial charge in [0.25, 0.3) is 5.91 Å². The van der Waals surface area contributed by atoms with E-state index in [2.05, 4.69) is 15.0 Å². The molecule has 0 aliphatic heterocycles. The summed E-state index contributed by atoms with van der Waals surface area (Å²) < 4.78 is 40.9. The molecule has 0 atom stereocenters. The van der Waals surface area contributed by atoms with Gasteiger partial charge in [-0.2, -0.15) is 8.78 Å². The zero-order valence-electron chi connectivity index (χ0n) is 16.0. The molecule has 0 unspecified atom stereocenters. The number of nitrogens with one attached hydrogen (secondary N) is 1. The summed E-state index contributed by atoms with van der Waals surface area (Å²) in [5.74, 6) is 0.726. The molecule has 2 aromatic carbocycles. The number of carbonyl (C=O) groups is 1. The van der Waals surface area contributed by atoms with Gasteiger partial charge in [-0.1, -0.05) is 22.9 Å². The molecule has 0 spiro atoms. The molecular formula is C21H15ClF2N2O4S. The smallest absolute Gasteiger partial charge is 0.387 e. The number of thiazole rings is 1. The molecule has 10 heteroatoms. The minimum atomic E-state index is -2.91. The van der Waals surface area contributed by atoms with E-state index >= 15 is 0 Å². The highest BCUT2D eigenvalue weighted by atomic mass is 35.5. The lowest BCUT2D eigenvalue weighted by molar-refractivity contribution is -0.0497. The van der Waals surface area contributed by atoms with Crippen molar-refractivity contribution in [3.63, 3.8) is 0 Å². The van der Waals surface area contributed by atoms with Gasteiger partial charge < -0.3 is 13.9 Å². The minimum absolute atomic E-state index is 0.0237. The second-order valence-corrected chi connectivity index (χ2v) is 7.88. The van der Waals surface area contributed by atoms with Crippen LogP contribution in [0, 0.1) is 6.92 Å². The van der Waals surface area contributed by atoms with E-state index in [1.165, 1.54) is 18.2 Å². The van der Waals surface area contributed by atoms with Gasteiger partial charge in [-0.05, 0) is 61.0 Å². The van der Waals surface area contributed by atoms with Crippen LogP contribution in [-0.4, -0.2) is 17.5 Å². The van der Waals surface area contributed by atoms with Gasteiger partial charge in [0.1, 0.15) is 23.9 Å². The Morgan fingerprint density at radius 1 is 1.19 bits per heavy atom. The number of aromatic nitrogens is 1. The molecule has 4 rings (SSSR count). The van der Waals surface area contributed by atoms with Crippen LogP contribution in [0.2, 0.25) is 5.02 Å². The molecule has 1 N–H and O–H groups in total. The number of benzene rings is 2. The van der Waals surface area contributed by atoms with E-state index in [0.717, 1.165) is 16.9 Å². The Morgan fingerprint density at radius 3 is 2.77 bits per heavy atom. The minimum Gasteiger partial charge on any atom is -0.486 e. The summed E-state index contributed by atoms with van der Waals surface area (Å²) >= 11 is 7.13. The standard InChI is InChI=1S/C21H15ClF2N2O4S/c1-11-8-12(2-5-15(11)22)28-10-14-4-7-17(29-14)19(27)26-21-25-16-6-3-13(30-20(23)24)9-18(16)31-21/h2-9,20H,10H2,1H3,(H,25,26,27). The number of hydrogen-bond donors (Lipinski definition) is 1. The Morgan fingerprint density at radius 2 is 2.00 bits per heavy atom. The van der Waals surface area contributed by atoms with Gasteiger partial charge in [0.2, 0.25) is 0 Å². The highest BCUT2D eigenvalue weighted by Gasteiger charge is 2.15. The van der Waals surface area contributed by atoms with Gasteiger partial charge in [0.05, 0.1) is 10.2 Å². The molecule has 31 heavy (non-hydrogen) atoms. The SMILES string of the molecule is Cc1cc(OCc2ccc(C(=O)Nc3nc4ccc(OC(F)F)cc4s3)o2)ccc1Cl. The number of aryl methyl sites for hydroxylation is 1. The molecule has 2 aromatic heterocycles. The monoisotopic (exact) mass is 464 g/mol. The van der Waals surface area contributed by atoms with E-state index in [1.54, 1.807) is 24.3 Å². The largest absolute Gasteiger partial charge is 0.486 e. The number of anilines is 1. The molecule has 6 nitrogen and oxygen atoms in total. The maximum atomic E-state index is 12.5. The summed E-state index contributed by atoms with van der Waals surface area (Å²) in [4.78, 5) is 16.7. The first-order chi connectivity index (χ1) is 14.9. The van der Waals surface area contributed by atoms with Crippen LogP contribution in [-0.2, 0) is 6.61 Å². The average Bonchev–Trinajstić information content (AvgIpc) is 3.34. The van der Waals surface area contributed by atoms with Gasteiger partial charge in [-0.3, -0.25) is 10.1 Å². The third-order valence-electron chi connectivity index (χ3n) is 4.20. The van der Waals surface area contributed by atoms with Crippen LogP contribution in [0.15, 0.2) is 52.9 Å². The van der Waals surface area contributed by atoms with Crippen molar-refractivity contribution in [3.8, 4) is 11.5 Å². The zero-order chi connectivity index (χ0) is 22.0. The lowest BCUT2D eigenvalue weighted by atomic mass is 10.2. The van der Waals surface area contributed by atoms with E-state index < -0.39 is 12.5 Å². The number of halogens is 3. The van der Waals surface area contributed by atoms with Crippen molar-refractivity contribution >= 4 is 44.2 Å². The number of nitrogens with zero attached hydrogens (tertiary/aromatic N) is 1. The second-order valence-electron chi connectivity index (χ2n) is 6.45. The maximum Gasteiger partial charge on any atom is 0.387 e. The van der Waals surface area contributed by atoms with E-state index in [0.29, 0.717) is 31.9 Å². The summed E-state index contributed by atoms with van der Waals surface area (Å²) in [7, 11) is 0. The lowest BCUT2D eigenvalue weighted by Crippen LogP contribution is -2.10. The Balaban J connectivity index is 1.39. The Hall–Kier alpha value is -3.17. The van der Waals surface area contributed by atoms with Crippen molar-refractivity contribution in [2.24, 2.45) is 0 Å². The zero-order valence-corrected chi connectivity index (χ0v) is 17.6. The van der Waals surface area contributed by atoms with Gasteiger partial charge in [-0.15, -0.1) is 0 Å². The van der Waals surface area contributed by atoms with Crippen molar-refractivity contribution in [1.29, 1.82) is 0 Å². The highest BCUT2D eigenvalue weighted by Crippen LogP contribution is 2.30. The molecule has 160 valence electrons. The topological polar surface area (TPSA) is 73.6 Å². The molecule has 0 fully saturated rings. The van der Waals surface area contributed by atoms with Gasteiger partial charge >= 0.3 is 6.61 Å². The summed E-state index contributed by atoms with van der Waals surface area (Å²) in [5, 5.41) is 3.59. The molecule has 0 radical (unpaired) electrons. The number of fused-ring (bicyclic) bond motifs is 1. The molecule has 0 saturated heterocycles. The fraction of sp³-hybridized carbons (Fsp3) is 0.143. The molecule has 2 heterocycles. The average molecular weight is 465 g/mol. The van der Waals surface area contributed by atoms with E-state index in [1.807, 2.05) is 13.0 Å². The fourth-order valence-electron chi connectivity index (χ4n) is 2.73.